The Labute approximate surface area is 346 Å². The first kappa shape index (κ1) is 41.5. The largest absolute Gasteiger partial charge is 0.573 e. The number of aromatic nitrogens is 2. The molecule has 0 amide bonds. The smallest absolute Gasteiger partial charge is 0.406 e. The van der Waals surface area contributed by atoms with E-state index >= 15 is 0 Å². The van der Waals surface area contributed by atoms with Gasteiger partial charge in [0.05, 0.1) is 5.54 Å². The zero-order chi connectivity index (χ0) is 40.0. The molecule has 2 saturated heterocycles. The molecule has 0 radical (unpaired) electrons. The predicted molar refractivity (Wildman–Crippen MR) is 221 cm³/mol. The number of halogens is 6. The normalized spacial score (nSPS) is 16.6. The summed E-state index contributed by atoms with van der Waals surface area (Å²) in [5.74, 6) is -0.0385. The predicted octanol–water partition coefficient (Wildman–Crippen LogP) is 9.53. The third-order valence-electron chi connectivity index (χ3n) is 11.1. The third kappa shape index (κ3) is 10.7. The van der Waals surface area contributed by atoms with Crippen molar-refractivity contribution < 1.29 is 22.7 Å². The number of piperazine rings is 1. The molecule has 0 saturated carbocycles. The molecule has 2 aliphatic heterocycles. The lowest BCUT2D eigenvalue weighted by atomic mass is 9.82. The van der Waals surface area contributed by atoms with E-state index in [-0.39, 0.29) is 11.5 Å². The Morgan fingerprint density at radius 3 is 2.25 bits per heavy atom. The SMILES string of the molecule is O=C(CCCCn1cc(-c2ccc(OC(F)(F)F)cc2)c2cc(CN3CCN(Cc4c(Cl)cccc4Cl)CC3)ccc21)C1(NCc2ccnc(Cl)c2)CCNCC1. The number of nitrogens with zero attached hydrogens (tertiary/aromatic N) is 4. The molecule has 302 valence electrons. The van der Waals surface area contributed by atoms with Gasteiger partial charge in [-0.15, -0.1) is 13.2 Å². The Bertz CT molecular complexity index is 2130. The number of unbranched alkanes of at least 4 members (excludes halogenated alkanes) is 1. The summed E-state index contributed by atoms with van der Waals surface area (Å²) in [4.78, 5) is 22.7. The van der Waals surface area contributed by atoms with Gasteiger partial charge in [0.15, 0.2) is 5.78 Å². The van der Waals surface area contributed by atoms with Gasteiger partial charge in [0.1, 0.15) is 10.9 Å². The van der Waals surface area contributed by atoms with E-state index in [4.69, 9.17) is 34.8 Å². The Kier molecular flexibility index (Phi) is 13.5. The van der Waals surface area contributed by atoms with Gasteiger partial charge in [-0.1, -0.05) is 59.1 Å². The van der Waals surface area contributed by atoms with Crippen LogP contribution in [0.1, 0.15) is 48.8 Å². The van der Waals surface area contributed by atoms with Crippen LogP contribution in [0.5, 0.6) is 5.75 Å². The third-order valence-corrected chi connectivity index (χ3v) is 12.0. The Balaban J connectivity index is 1.03. The molecule has 2 N–H and O–H groups in total. The number of Topliss-reactive ketones (excluding diaryl/α,β-unsaturated/α-hetero) is 1. The first-order chi connectivity index (χ1) is 27.4. The summed E-state index contributed by atoms with van der Waals surface area (Å²) in [5, 5.41) is 9.77. The van der Waals surface area contributed by atoms with Crippen LogP contribution in [0.3, 0.4) is 0 Å². The van der Waals surface area contributed by atoms with Gasteiger partial charge in [0, 0.05) is 103 Å². The van der Waals surface area contributed by atoms with E-state index in [0.29, 0.717) is 41.3 Å². The second kappa shape index (κ2) is 18.5. The number of benzene rings is 3. The van der Waals surface area contributed by atoms with Crippen molar-refractivity contribution in [2.45, 2.75) is 70.2 Å². The Morgan fingerprint density at radius 1 is 0.860 bits per heavy atom. The first-order valence-corrected chi connectivity index (χ1v) is 20.5. The van der Waals surface area contributed by atoms with Gasteiger partial charge in [0.25, 0.3) is 0 Å². The lowest BCUT2D eigenvalue weighted by molar-refractivity contribution is -0.274. The van der Waals surface area contributed by atoms with Crippen molar-refractivity contribution in [2.24, 2.45) is 0 Å². The molecular weight excluding hydrogens is 796 g/mol. The highest BCUT2D eigenvalue weighted by Crippen LogP contribution is 2.35. The molecule has 14 heteroatoms. The molecule has 5 aromatic rings. The lowest BCUT2D eigenvalue weighted by Gasteiger charge is -2.37. The van der Waals surface area contributed by atoms with Crippen LogP contribution >= 0.6 is 34.8 Å². The van der Waals surface area contributed by atoms with Crippen LogP contribution in [0.15, 0.2) is 85.2 Å². The number of fused-ring (bicyclic) bond motifs is 1. The van der Waals surface area contributed by atoms with Crippen LogP contribution in [-0.2, 0) is 31.0 Å². The van der Waals surface area contributed by atoms with Crippen molar-refractivity contribution in [2.75, 3.05) is 39.3 Å². The number of ether oxygens (including phenoxy) is 1. The molecule has 0 unspecified atom stereocenters. The van der Waals surface area contributed by atoms with Gasteiger partial charge >= 0.3 is 6.36 Å². The number of nitrogens with one attached hydrogen (secondary N) is 2. The maximum Gasteiger partial charge on any atom is 0.573 e. The second-order valence-corrected chi connectivity index (χ2v) is 16.2. The Morgan fingerprint density at radius 2 is 1.56 bits per heavy atom. The van der Waals surface area contributed by atoms with Crippen LogP contribution in [0, 0.1) is 0 Å². The lowest BCUT2D eigenvalue weighted by Crippen LogP contribution is -2.57. The van der Waals surface area contributed by atoms with Gasteiger partial charge in [-0.05, 0) is 104 Å². The summed E-state index contributed by atoms with van der Waals surface area (Å²) in [6, 6.07) is 21.9. The van der Waals surface area contributed by atoms with E-state index in [9.17, 15) is 18.0 Å². The summed E-state index contributed by atoms with van der Waals surface area (Å²) in [5.41, 5.74) is 5.25. The highest BCUT2D eigenvalue weighted by atomic mass is 35.5. The second-order valence-electron chi connectivity index (χ2n) is 15.0. The first-order valence-electron chi connectivity index (χ1n) is 19.4. The topological polar surface area (TPSA) is 74.7 Å². The quantitative estimate of drug-likeness (QED) is 0.0804. The average Bonchev–Trinajstić information content (AvgIpc) is 3.55. The molecule has 2 aliphatic rings. The minimum Gasteiger partial charge on any atom is -0.406 e. The number of rotatable bonds is 15. The number of carbonyl (C=O) groups is 1. The summed E-state index contributed by atoms with van der Waals surface area (Å²) in [7, 11) is 0. The molecule has 0 bridgehead atoms. The molecule has 8 nitrogen and oxygen atoms in total. The average molecular weight is 842 g/mol. The van der Waals surface area contributed by atoms with Crippen molar-refractivity contribution in [1.82, 2.24) is 30.0 Å². The summed E-state index contributed by atoms with van der Waals surface area (Å²) in [6.45, 7) is 7.77. The van der Waals surface area contributed by atoms with Crippen LogP contribution < -0.4 is 15.4 Å². The number of alkyl halides is 3. The molecule has 3 aromatic carbocycles. The Hall–Kier alpha value is -3.68. The molecule has 2 aromatic heterocycles. The summed E-state index contributed by atoms with van der Waals surface area (Å²) < 4.78 is 45.2. The molecule has 7 rings (SSSR count). The molecule has 0 aliphatic carbocycles. The molecule has 57 heavy (non-hydrogen) atoms. The van der Waals surface area contributed by atoms with Crippen LogP contribution in [0.4, 0.5) is 13.2 Å². The van der Waals surface area contributed by atoms with Crippen LogP contribution in [-0.4, -0.2) is 76.3 Å². The van der Waals surface area contributed by atoms with E-state index in [1.807, 2.05) is 30.3 Å². The molecular formula is C43H46Cl3F3N6O2. The number of pyridine rings is 1. The minimum atomic E-state index is -4.77. The van der Waals surface area contributed by atoms with Crippen molar-refractivity contribution in [1.29, 1.82) is 0 Å². The van der Waals surface area contributed by atoms with E-state index in [1.165, 1.54) is 12.1 Å². The van der Waals surface area contributed by atoms with E-state index < -0.39 is 11.9 Å². The van der Waals surface area contributed by atoms with Crippen molar-refractivity contribution >= 4 is 51.5 Å². The number of aryl methyl sites for hydroxylation is 1. The zero-order valence-electron chi connectivity index (χ0n) is 31.6. The highest BCUT2D eigenvalue weighted by molar-refractivity contribution is 6.36. The maximum atomic E-state index is 13.8. The highest BCUT2D eigenvalue weighted by Gasteiger charge is 2.38. The fourth-order valence-corrected chi connectivity index (χ4v) is 8.72. The van der Waals surface area contributed by atoms with Crippen molar-refractivity contribution in [3.8, 4) is 16.9 Å². The van der Waals surface area contributed by atoms with E-state index in [0.717, 1.165) is 110 Å². The maximum absolute atomic E-state index is 13.8. The van der Waals surface area contributed by atoms with Gasteiger partial charge in [-0.25, -0.2) is 4.98 Å². The number of hydrogen-bond donors (Lipinski definition) is 2. The van der Waals surface area contributed by atoms with Gasteiger partial charge in [-0.2, -0.15) is 0 Å². The number of carbonyl (C=O) groups excluding carboxylic acids is 1. The number of hydrogen-bond acceptors (Lipinski definition) is 7. The fraction of sp³-hybridized carbons (Fsp3) is 0.395. The van der Waals surface area contributed by atoms with Crippen molar-refractivity contribution in [3.05, 3.63) is 117 Å². The molecule has 0 atom stereocenters. The minimum absolute atomic E-state index is 0.224. The molecule has 4 heterocycles. The monoisotopic (exact) mass is 840 g/mol. The standard InChI is InChI=1S/C43H46Cl3F3N6O2/c44-37-4-3-5-38(45)36(37)28-54-22-20-53(21-23-54)27-31-7-12-39-34(24-31)35(32-8-10-33(11-9-32)57-43(47,48)49)29-55(39)19-2-1-6-40(56)42(14-17-50-18-15-42)52-26-30-13-16-51-41(46)25-30/h3-5,7-13,16,24-25,29,50,52H,1-2,6,14-15,17-23,26-28H2. The number of ketones is 1. The van der Waals surface area contributed by atoms with Crippen molar-refractivity contribution in [3.63, 3.8) is 0 Å². The van der Waals surface area contributed by atoms with Crippen LogP contribution in [0.2, 0.25) is 15.2 Å². The fourth-order valence-electron chi connectivity index (χ4n) is 8.00. The summed E-state index contributed by atoms with van der Waals surface area (Å²) >= 11 is 19.0. The van der Waals surface area contributed by atoms with E-state index in [1.54, 1.807) is 18.3 Å². The number of piperidine rings is 1. The van der Waals surface area contributed by atoms with E-state index in [2.05, 4.69) is 59.1 Å². The summed E-state index contributed by atoms with van der Waals surface area (Å²) in [6.07, 6.45) is 2.39. The van der Waals surface area contributed by atoms with Gasteiger partial charge < -0.3 is 19.9 Å². The molecule has 2 fully saturated rings. The zero-order valence-corrected chi connectivity index (χ0v) is 33.8. The molecule has 0 spiro atoms. The van der Waals surface area contributed by atoms with Crippen LogP contribution in [0.25, 0.3) is 22.0 Å². The van der Waals surface area contributed by atoms with Gasteiger partial charge in [-0.3, -0.25) is 14.6 Å². The van der Waals surface area contributed by atoms with Gasteiger partial charge in [0.2, 0.25) is 0 Å².